The van der Waals surface area contributed by atoms with Crippen LogP contribution < -0.4 is 4.72 Å². The maximum absolute atomic E-state index is 13.3. The van der Waals surface area contributed by atoms with Crippen molar-refractivity contribution in [1.29, 1.82) is 0 Å². The second kappa shape index (κ2) is 10.0. The molecule has 0 atom stereocenters. The summed E-state index contributed by atoms with van der Waals surface area (Å²) in [6, 6.07) is 18.4. The maximum Gasteiger partial charge on any atom is 0.261 e. The van der Waals surface area contributed by atoms with E-state index in [1.807, 2.05) is 25.2 Å². The van der Waals surface area contributed by atoms with Gasteiger partial charge in [-0.2, -0.15) is 0 Å². The molecule has 9 heteroatoms. The quantitative estimate of drug-likeness (QED) is 0.304. The Bertz CT molecular complexity index is 1370. The summed E-state index contributed by atoms with van der Waals surface area (Å²) in [5, 5.41) is 4.90. The smallest absolute Gasteiger partial charge is 0.261 e. The van der Waals surface area contributed by atoms with Crippen LogP contribution in [-0.2, 0) is 23.0 Å². The third kappa shape index (κ3) is 5.98. The minimum atomic E-state index is -3.67. The molecule has 1 aromatic heterocycles. The van der Waals surface area contributed by atoms with Gasteiger partial charge in [0.2, 0.25) is 0 Å². The molecule has 0 unspecified atom stereocenters. The molecule has 0 bridgehead atoms. The van der Waals surface area contributed by atoms with E-state index >= 15 is 0 Å². The van der Waals surface area contributed by atoms with Gasteiger partial charge in [-0.25, -0.2) is 12.8 Å². The van der Waals surface area contributed by atoms with Crippen LogP contribution in [-0.4, -0.2) is 32.1 Å². The van der Waals surface area contributed by atoms with Gasteiger partial charge in [-0.15, -0.1) is 0 Å². The van der Waals surface area contributed by atoms with Crippen molar-refractivity contribution in [3.8, 4) is 0 Å². The Morgan fingerprint density at radius 2 is 1.91 bits per heavy atom. The number of aromatic nitrogens is 1. The number of hydrogen-bond donors (Lipinski definition) is 1. The number of sulfonamides is 1. The maximum atomic E-state index is 13.3. The molecule has 0 fully saturated rings. The molecule has 1 N–H and O–H groups in total. The molecule has 0 aliphatic heterocycles. The third-order valence-corrected chi connectivity index (χ3v) is 7.07. The Morgan fingerprint density at radius 3 is 2.73 bits per heavy atom. The van der Waals surface area contributed by atoms with Crippen molar-refractivity contribution >= 4 is 42.6 Å². The van der Waals surface area contributed by atoms with Crippen LogP contribution in [0.1, 0.15) is 17.7 Å². The first-order valence-corrected chi connectivity index (χ1v) is 12.7. The average Bonchev–Trinajstić information content (AvgIpc) is 3.15. The molecule has 0 radical (unpaired) electrons. The van der Waals surface area contributed by atoms with E-state index in [0.717, 1.165) is 36.0 Å². The highest BCUT2D eigenvalue weighted by Crippen LogP contribution is 2.22. The van der Waals surface area contributed by atoms with Gasteiger partial charge in [-0.3, -0.25) is 4.72 Å². The summed E-state index contributed by atoms with van der Waals surface area (Å²) in [5.41, 5.74) is 2.79. The van der Waals surface area contributed by atoms with Crippen LogP contribution in [0.5, 0.6) is 0 Å². The monoisotopic (exact) mass is 531 g/mol. The number of rotatable bonds is 9. The largest absolute Gasteiger partial charge is 0.356 e. The summed E-state index contributed by atoms with van der Waals surface area (Å²) in [4.78, 5) is 2.35. The highest BCUT2D eigenvalue weighted by Gasteiger charge is 2.15. The van der Waals surface area contributed by atoms with Crippen LogP contribution in [0.25, 0.3) is 11.0 Å². The van der Waals surface area contributed by atoms with Gasteiger partial charge in [0.1, 0.15) is 5.82 Å². The molecule has 0 aliphatic rings. The van der Waals surface area contributed by atoms with Gasteiger partial charge < -0.3 is 9.42 Å². The number of halogens is 2. The number of anilines is 1. The molecular formula is C24H23BrFN3O3S. The molecule has 172 valence electrons. The molecule has 1 heterocycles. The van der Waals surface area contributed by atoms with Gasteiger partial charge in [0.05, 0.1) is 10.6 Å². The number of nitrogens with zero attached hydrogens (tertiary/aromatic N) is 2. The lowest BCUT2D eigenvalue weighted by Crippen LogP contribution is -2.20. The van der Waals surface area contributed by atoms with Gasteiger partial charge in [0.25, 0.3) is 10.0 Å². The molecule has 0 spiro atoms. The van der Waals surface area contributed by atoms with Crippen molar-refractivity contribution in [2.45, 2.75) is 24.3 Å². The van der Waals surface area contributed by atoms with E-state index in [2.05, 4.69) is 30.7 Å². The van der Waals surface area contributed by atoms with Gasteiger partial charge in [-0.1, -0.05) is 39.3 Å². The molecule has 0 aliphatic carbocycles. The Hall–Kier alpha value is -2.75. The van der Waals surface area contributed by atoms with E-state index in [1.165, 1.54) is 12.1 Å². The van der Waals surface area contributed by atoms with Gasteiger partial charge in [0.15, 0.2) is 5.58 Å². The van der Waals surface area contributed by atoms with Crippen LogP contribution in [0.3, 0.4) is 0 Å². The summed E-state index contributed by atoms with van der Waals surface area (Å²) < 4.78 is 47.2. The molecule has 4 aromatic rings. The number of benzene rings is 3. The first kappa shape index (κ1) is 23.4. The van der Waals surface area contributed by atoms with Crippen molar-refractivity contribution < 1.29 is 17.3 Å². The Labute approximate surface area is 200 Å². The molecule has 0 saturated heterocycles. The lowest BCUT2D eigenvalue weighted by atomic mass is 10.1. The zero-order valence-electron chi connectivity index (χ0n) is 18.0. The van der Waals surface area contributed by atoms with E-state index in [9.17, 15) is 12.8 Å². The SMILES string of the molecule is CN(CCCc1noc2cc(F)ccc12)Cc1cccc(NS(=O)(=O)c2cccc(Br)c2)c1. The lowest BCUT2D eigenvalue weighted by Gasteiger charge is -2.17. The second-order valence-electron chi connectivity index (χ2n) is 7.87. The van der Waals surface area contributed by atoms with E-state index in [0.29, 0.717) is 22.3 Å². The van der Waals surface area contributed by atoms with Crippen LogP contribution in [0, 0.1) is 5.82 Å². The Kier molecular flexibility index (Phi) is 7.11. The minimum Gasteiger partial charge on any atom is -0.356 e. The lowest BCUT2D eigenvalue weighted by molar-refractivity contribution is 0.320. The fourth-order valence-electron chi connectivity index (χ4n) is 3.63. The number of hydrogen-bond acceptors (Lipinski definition) is 5. The summed E-state index contributed by atoms with van der Waals surface area (Å²) in [5.74, 6) is -0.342. The van der Waals surface area contributed by atoms with E-state index < -0.39 is 10.0 Å². The number of fused-ring (bicyclic) bond motifs is 1. The molecular weight excluding hydrogens is 509 g/mol. The second-order valence-corrected chi connectivity index (χ2v) is 10.5. The highest BCUT2D eigenvalue weighted by atomic mass is 79.9. The van der Waals surface area contributed by atoms with E-state index in [4.69, 9.17) is 4.52 Å². The predicted molar refractivity (Wildman–Crippen MR) is 130 cm³/mol. The summed E-state index contributed by atoms with van der Waals surface area (Å²) >= 11 is 3.30. The first-order chi connectivity index (χ1) is 15.8. The van der Waals surface area contributed by atoms with Gasteiger partial charge in [0, 0.05) is 28.2 Å². The molecule has 3 aromatic carbocycles. The zero-order valence-corrected chi connectivity index (χ0v) is 20.4. The van der Waals surface area contributed by atoms with Crippen LogP contribution >= 0.6 is 15.9 Å². The fraction of sp³-hybridized carbons (Fsp3) is 0.208. The molecule has 0 saturated carbocycles. The molecule has 4 rings (SSSR count). The van der Waals surface area contributed by atoms with Crippen LogP contribution in [0.15, 0.2) is 80.6 Å². The summed E-state index contributed by atoms with van der Waals surface area (Å²) in [6.07, 6.45) is 1.57. The zero-order chi connectivity index (χ0) is 23.4. The topological polar surface area (TPSA) is 75.4 Å². The fourth-order valence-corrected chi connectivity index (χ4v) is 5.28. The minimum absolute atomic E-state index is 0.197. The van der Waals surface area contributed by atoms with Crippen LogP contribution in [0.2, 0.25) is 0 Å². The van der Waals surface area contributed by atoms with Crippen molar-refractivity contribution in [2.24, 2.45) is 0 Å². The number of nitrogens with one attached hydrogen (secondary N) is 1. The van der Waals surface area contributed by atoms with Crippen molar-refractivity contribution in [1.82, 2.24) is 10.1 Å². The molecule has 33 heavy (non-hydrogen) atoms. The van der Waals surface area contributed by atoms with Crippen molar-refractivity contribution in [2.75, 3.05) is 18.3 Å². The Morgan fingerprint density at radius 1 is 1.09 bits per heavy atom. The van der Waals surface area contributed by atoms with Gasteiger partial charge >= 0.3 is 0 Å². The normalized spacial score (nSPS) is 11.9. The predicted octanol–water partition coefficient (Wildman–Crippen LogP) is 5.59. The first-order valence-electron chi connectivity index (χ1n) is 10.4. The summed E-state index contributed by atoms with van der Waals surface area (Å²) in [6.45, 7) is 1.47. The average molecular weight is 532 g/mol. The Balaban J connectivity index is 1.34. The number of aryl methyl sites for hydroxylation is 1. The molecule has 0 amide bonds. The van der Waals surface area contributed by atoms with Crippen LogP contribution in [0.4, 0.5) is 10.1 Å². The standard InChI is InChI=1S/C24H23BrFN3O3S/c1-29(12-4-9-23-22-11-10-19(26)15-24(22)32-27-23)16-17-5-2-7-20(13-17)28-33(30,31)21-8-3-6-18(25)14-21/h2-3,5-8,10-11,13-15,28H,4,9,12,16H2,1H3. The van der Waals surface area contributed by atoms with Crippen molar-refractivity contribution in [3.63, 3.8) is 0 Å². The highest BCUT2D eigenvalue weighted by molar-refractivity contribution is 9.10. The molecule has 6 nitrogen and oxygen atoms in total. The van der Waals surface area contributed by atoms with E-state index in [1.54, 1.807) is 36.4 Å². The third-order valence-electron chi connectivity index (χ3n) is 5.20. The van der Waals surface area contributed by atoms with Crippen molar-refractivity contribution in [3.05, 3.63) is 88.3 Å². The van der Waals surface area contributed by atoms with Gasteiger partial charge in [-0.05, 0) is 74.5 Å². The van der Waals surface area contributed by atoms with E-state index in [-0.39, 0.29) is 10.7 Å². The summed E-state index contributed by atoms with van der Waals surface area (Å²) in [7, 11) is -1.67.